The Kier molecular flexibility index (Phi) is 5.45. The molecule has 1 heterocycles. The average molecular weight is 379 g/mol. The van der Waals surface area contributed by atoms with Crippen LogP contribution in [0, 0.1) is 0 Å². The molecule has 28 heavy (non-hydrogen) atoms. The van der Waals surface area contributed by atoms with E-state index >= 15 is 0 Å². The van der Waals surface area contributed by atoms with E-state index in [9.17, 15) is 4.79 Å². The molecule has 0 fully saturated rings. The summed E-state index contributed by atoms with van der Waals surface area (Å²) in [5, 5.41) is 1.07. The highest BCUT2D eigenvalue weighted by Crippen LogP contribution is 2.32. The highest BCUT2D eigenvalue weighted by atomic mass is 16.6. The molecule has 0 unspecified atom stereocenters. The van der Waals surface area contributed by atoms with Gasteiger partial charge in [0.1, 0.15) is 5.60 Å². The van der Waals surface area contributed by atoms with E-state index in [-0.39, 0.29) is 5.97 Å². The van der Waals surface area contributed by atoms with Crippen molar-refractivity contribution < 1.29 is 19.0 Å². The van der Waals surface area contributed by atoms with Crippen molar-refractivity contribution in [2.75, 3.05) is 14.2 Å². The van der Waals surface area contributed by atoms with Gasteiger partial charge in [0.15, 0.2) is 11.5 Å². The van der Waals surface area contributed by atoms with Gasteiger partial charge in [-0.2, -0.15) is 0 Å². The van der Waals surface area contributed by atoms with Crippen molar-refractivity contribution in [1.29, 1.82) is 0 Å². The number of methoxy groups -OCH3 is 2. The molecule has 0 aliphatic rings. The van der Waals surface area contributed by atoms with Gasteiger partial charge in [0.25, 0.3) is 0 Å². The molecule has 0 spiro atoms. The lowest BCUT2D eigenvalue weighted by Gasteiger charge is -2.18. The third-order valence-corrected chi connectivity index (χ3v) is 4.16. The van der Waals surface area contributed by atoms with E-state index in [2.05, 4.69) is 4.57 Å². The highest BCUT2D eigenvalue weighted by molar-refractivity contribution is 5.90. The first-order valence-corrected chi connectivity index (χ1v) is 9.06. The molecule has 146 valence electrons. The van der Waals surface area contributed by atoms with Crippen LogP contribution in [0.4, 0.5) is 0 Å². The number of rotatable bonds is 5. The van der Waals surface area contributed by atoms with Crippen molar-refractivity contribution in [2.24, 2.45) is 0 Å². The van der Waals surface area contributed by atoms with Gasteiger partial charge in [0.2, 0.25) is 0 Å². The summed E-state index contributed by atoms with van der Waals surface area (Å²) in [5.74, 6) is 0.921. The zero-order valence-corrected chi connectivity index (χ0v) is 16.9. The second-order valence-electron chi connectivity index (χ2n) is 7.37. The largest absolute Gasteiger partial charge is 0.493 e. The Bertz CT molecular complexity index is 1020. The van der Waals surface area contributed by atoms with Crippen molar-refractivity contribution in [3.63, 3.8) is 0 Å². The van der Waals surface area contributed by atoms with E-state index in [1.54, 1.807) is 20.3 Å². The van der Waals surface area contributed by atoms with Crippen LogP contribution in [0.5, 0.6) is 11.5 Å². The predicted octanol–water partition coefficient (Wildman–Crippen LogP) is 5.00. The summed E-state index contributed by atoms with van der Waals surface area (Å²) in [6.07, 6.45) is 3.22. The van der Waals surface area contributed by atoms with E-state index in [4.69, 9.17) is 14.2 Å². The number of hydrogen-bond acceptors (Lipinski definition) is 4. The summed E-state index contributed by atoms with van der Waals surface area (Å²) < 4.78 is 18.2. The minimum Gasteiger partial charge on any atom is -0.493 e. The fourth-order valence-electron chi connectivity index (χ4n) is 3.04. The molecule has 0 saturated carbocycles. The Morgan fingerprint density at radius 3 is 2.36 bits per heavy atom. The van der Waals surface area contributed by atoms with Crippen LogP contribution in [-0.2, 0) is 9.53 Å². The van der Waals surface area contributed by atoms with Gasteiger partial charge in [-0.25, -0.2) is 4.79 Å². The van der Waals surface area contributed by atoms with Gasteiger partial charge in [-0.05, 0) is 51.1 Å². The first kappa shape index (κ1) is 19.5. The van der Waals surface area contributed by atoms with Gasteiger partial charge in [-0.3, -0.25) is 0 Å². The molecule has 5 nitrogen and oxygen atoms in total. The zero-order chi connectivity index (χ0) is 20.3. The molecular formula is C23H25NO4. The van der Waals surface area contributed by atoms with Crippen molar-refractivity contribution in [3.05, 3.63) is 60.3 Å². The van der Waals surface area contributed by atoms with E-state index in [1.165, 1.54) is 6.08 Å². The van der Waals surface area contributed by atoms with Gasteiger partial charge in [-0.1, -0.05) is 18.2 Å². The van der Waals surface area contributed by atoms with Crippen molar-refractivity contribution in [2.45, 2.75) is 26.4 Å². The summed E-state index contributed by atoms with van der Waals surface area (Å²) in [5.41, 5.74) is 2.26. The highest BCUT2D eigenvalue weighted by Gasteiger charge is 2.15. The van der Waals surface area contributed by atoms with Crippen molar-refractivity contribution >= 4 is 22.9 Å². The minimum atomic E-state index is -0.530. The first-order chi connectivity index (χ1) is 13.3. The Hall–Kier alpha value is -3.21. The molecule has 0 radical (unpaired) electrons. The van der Waals surface area contributed by atoms with Gasteiger partial charge in [-0.15, -0.1) is 0 Å². The predicted molar refractivity (Wildman–Crippen MR) is 111 cm³/mol. The lowest BCUT2D eigenvalue weighted by molar-refractivity contribution is -0.148. The molecule has 0 bridgehead atoms. The van der Waals surface area contributed by atoms with Gasteiger partial charge >= 0.3 is 5.97 Å². The van der Waals surface area contributed by atoms with Crippen LogP contribution in [0.1, 0.15) is 26.5 Å². The number of hydrogen-bond donors (Lipinski definition) is 0. The molecule has 3 rings (SSSR count). The van der Waals surface area contributed by atoms with Gasteiger partial charge < -0.3 is 18.8 Å². The van der Waals surface area contributed by atoms with Gasteiger partial charge in [0, 0.05) is 23.2 Å². The molecule has 2 aromatic carbocycles. The second-order valence-corrected chi connectivity index (χ2v) is 7.37. The smallest absolute Gasteiger partial charge is 0.331 e. The number of para-hydroxylation sites is 1. The van der Waals surface area contributed by atoms with Crippen LogP contribution >= 0.6 is 0 Å². The third-order valence-electron chi connectivity index (χ3n) is 4.16. The Morgan fingerprint density at radius 2 is 1.68 bits per heavy atom. The number of nitrogens with zero attached hydrogens (tertiary/aromatic N) is 1. The summed E-state index contributed by atoms with van der Waals surface area (Å²) >= 11 is 0. The quantitative estimate of drug-likeness (QED) is 0.462. The molecule has 0 N–H and O–H groups in total. The Morgan fingerprint density at radius 1 is 0.964 bits per heavy atom. The van der Waals surface area contributed by atoms with Crippen LogP contribution < -0.4 is 9.47 Å². The van der Waals surface area contributed by atoms with Crippen molar-refractivity contribution in [1.82, 2.24) is 4.57 Å². The maximum Gasteiger partial charge on any atom is 0.331 e. The minimum absolute atomic E-state index is 0.378. The average Bonchev–Trinajstić information content (AvgIpc) is 3.03. The maximum atomic E-state index is 12.1. The van der Waals surface area contributed by atoms with Crippen molar-refractivity contribution in [3.8, 4) is 17.2 Å². The van der Waals surface area contributed by atoms with Gasteiger partial charge in [0.05, 0.1) is 25.4 Å². The number of carbonyl (C=O) groups excluding carboxylic acids is 1. The number of aromatic nitrogens is 1. The van der Waals surface area contributed by atoms with Crippen LogP contribution in [0.25, 0.3) is 22.7 Å². The fourth-order valence-corrected chi connectivity index (χ4v) is 3.04. The SMILES string of the molecule is COc1ccc(-n2c(/C=C/C(=O)OC(C)(C)C)cc3ccccc32)cc1OC. The second kappa shape index (κ2) is 7.80. The van der Waals surface area contributed by atoms with Crippen LogP contribution in [-0.4, -0.2) is 30.4 Å². The molecule has 0 saturated heterocycles. The molecule has 1 aromatic heterocycles. The Balaban J connectivity index is 2.09. The van der Waals surface area contributed by atoms with Crippen LogP contribution in [0.15, 0.2) is 54.6 Å². The molecular weight excluding hydrogens is 354 g/mol. The summed E-state index contributed by atoms with van der Waals surface area (Å²) in [4.78, 5) is 12.1. The third kappa shape index (κ3) is 4.19. The Labute approximate surface area is 165 Å². The summed E-state index contributed by atoms with van der Waals surface area (Å²) in [6, 6.07) is 15.8. The lowest BCUT2D eigenvalue weighted by Crippen LogP contribution is -2.22. The maximum absolute atomic E-state index is 12.1. The van der Waals surface area contributed by atoms with E-state index in [0.29, 0.717) is 11.5 Å². The monoisotopic (exact) mass is 379 g/mol. The fraction of sp³-hybridized carbons (Fsp3) is 0.261. The molecule has 0 aliphatic carbocycles. The van der Waals surface area contributed by atoms with Crippen LogP contribution in [0.2, 0.25) is 0 Å². The number of fused-ring (bicyclic) bond motifs is 1. The lowest BCUT2D eigenvalue weighted by atomic mass is 10.2. The first-order valence-electron chi connectivity index (χ1n) is 9.06. The molecule has 3 aromatic rings. The molecule has 0 aliphatic heterocycles. The molecule has 0 atom stereocenters. The molecule has 0 amide bonds. The number of esters is 1. The van der Waals surface area contributed by atoms with E-state index in [0.717, 1.165) is 22.3 Å². The summed E-state index contributed by atoms with van der Waals surface area (Å²) in [6.45, 7) is 5.54. The zero-order valence-electron chi connectivity index (χ0n) is 16.9. The number of carbonyl (C=O) groups is 1. The number of benzene rings is 2. The van der Waals surface area contributed by atoms with E-state index < -0.39 is 5.60 Å². The van der Waals surface area contributed by atoms with Crippen LogP contribution in [0.3, 0.4) is 0 Å². The molecule has 5 heteroatoms. The topological polar surface area (TPSA) is 49.7 Å². The summed E-state index contributed by atoms with van der Waals surface area (Å²) in [7, 11) is 3.22. The normalized spacial score (nSPS) is 11.8. The van der Waals surface area contributed by atoms with E-state index in [1.807, 2.05) is 69.3 Å². The standard InChI is InChI=1S/C23H25NO4/c1-23(2,3)28-22(25)13-11-17-14-16-8-6-7-9-19(16)24(17)18-10-12-20(26-4)21(15-18)27-5/h6-15H,1-5H3/b13-11+. The number of ether oxygens (including phenoxy) is 3.